The first-order valence-electron chi connectivity index (χ1n) is 11.5. The zero-order chi connectivity index (χ0) is 24.6. The van der Waals surface area contributed by atoms with Gasteiger partial charge in [0.15, 0.2) is 5.15 Å². The average Bonchev–Trinajstić information content (AvgIpc) is 2.77. The van der Waals surface area contributed by atoms with E-state index < -0.39 is 12.9 Å². The van der Waals surface area contributed by atoms with Crippen molar-refractivity contribution in [2.24, 2.45) is 0 Å². The Balaban J connectivity index is 1.42. The Bertz CT molecular complexity index is 1300. The molecule has 1 aliphatic rings. The van der Waals surface area contributed by atoms with Gasteiger partial charge in [-0.25, -0.2) is 9.97 Å². The second-order valence-corrected chi connectivity index (χ2v) is 7.98. The Labute approximate surface area is 189 Å². The van der Waals surface area contributed by atoms with Crippen molar-refractivity contribution >= 4 is 34.2 Å². The van der Waals surface area contributed by atoms with Crippen LogP contribution in [0.4, 0.5) is 5.69 Å². The molecule has 1 amide bonds. The Hall–Kier alpha value is -2.97. The molecule has 1 saturated heterocycles. The number of carbonyl (C=O) groups excluding carboxylic acids is 1. The van der Waals surface area contributed by atoms with E-state index in [4.69, 9.17) is 15.7 Å². The van der Waals surface area contributed by atoms with Crippen molar-refractivity contribution in [3.05, 3.63) is 62.3 Å². The number of amides is 1. The van der Waals surface area contributed by atoms with Gasteiger partial charge in [-0.1, -0.05) is 17.7 Å². The van der Waals surface area contributed by atoms with Gasteiger partial charge in [0.1, 0.15) is 11.4 Å². The van der Waals surface area contributed by atoms with Gasteiger partial charge in [-0.05, 0) is 43.2 Å². The van der Waals surface area contributed by atoms with Crippen molar-refractivity contribution in [1.29, 1.82) is 0 Å². The molecule has 1 fully saturated rings. The van der Waals surface area contributed by atoms with Crippen molar-refractivity contribution in [2.75, 3.05) is 38.1 Å². The molecule has 1 aromatic carbocycles. The highest BCUT2D eigenvalue weighted by Gasteiger charge is 2.21. The molecule has 2 N–H and O–H groups in total. The van der Waals surface area contributed by atoms with Crippen LogP contribution in [0.3, 0.4) is 0 Å². The largest absolute Gasteiger partial charge is 0.366 e. The zero-order valence-corrected chi connectivity index (χ0v) is 18.1. The van der Waals surface area contributed by atoms with E-state index in [1.54, 1.807) is 13.0 Å². The molecule has 8 nitrogen and oxygen atoms in total. The minimum Gasteiger partial charge on any atom is -0.366 e. The maximum absolute atomic E-state index is 12.0. The lowest BCUT2D eigenvalue weighted by molar-refractivity contribution is 0.0958. The van der Waals surface area contributed by atoms with Crippen LogP contribution in [0, 0.1) is 13.8 Å². The third-order valence-electron chi connectivity index (χ3n) is 5.69. The van der Waals surface area contributed by atoms with Gasteiger partial charge in [0.2, 0.25) is 0 Å². The van der Waals surface area contributed by atoms with Crippen LogP contribution in [-0.4, -0.2) is 58.9 Å². The average molecular weight is 444 g/mol. The molecule has 0 spiro atoms. The topological polar surface area (TPSA) is 94.2 Å². The highest BCUT2D eigenvalue weighted by atomic mass is 35.5. The number of carbonyl (C=O) groups is 1. The molecule has 0 atom stereocenters. The molecule has 0 saturated carbocycles. The van der Waals surface area contributed by atoms with Crippen LogP contribution in [0.1, 0.15) is 31.4 Å². The van der Waals surface area contributed by atoms with Gasteiger partial charge in [-0.3, -0.25) is 14.5 Å². The maximum Gasteiger partial charge on any atom is 0.269 e. The third kappa shape index (κ3) is 4.26. The van der Waals surface area contributed by atoms with E-state index in [1.807, 2.05) is 18.3 Å². The first-order chi connectivity index (χ1) is 16.0. The monoisotopic (exact) mass is 443 g/mol. The second-order valence-electron chi connectivity index (χ2n) is 7.62. The summed E-state index contributed by atoms with van der Waals surface area (Å²) in [6.45, 7) is 4.85. The molecule has 0 bridgehead atoms. The van der Waals surface area contributed by atoms with Gasteiger partial charge < -0.3 is 15.2 Å². The first kappa shape index (κ1) is 17.7. The minimum atomic E-state index is -2.59. The normalized spacial score (nSPS) is 16.6. The van der Waals surface area contributed by atoms with Crippen LogP contribution < -0.4 is 15.8 Å². The van der Waals surface area contributed by atoms with Gasteiger partial charge in [-0.2, -0.15) is 0 Å². The Morgan fingerprint density at radius 3 is 2.68 bits per heavy atom. The summed E-state index contributed by atoms with van der Waals surface area (Å²) in [6, 6.07) is 7.16. The number of hydrogen-bond acceptors (Lipinski definition) is 6. The minimum absolute atomic E-state index is 0.0435. The fourth-order valence-corrected chi connectivity index (χ4v) is 4.11. The van der Waals surface area contributed by atoms with Gasteiger partial charge in [0.05, 0.1) is 16.7 Å². The van der Waals surface area contributed by atoms with Crippen molar-refractivity contribution in [2.45, 2.75) is 20.4 Å². The summed E-state index contributed by atoms with van der Waals surface area (Å²) in [7, 11) is 0. The first-order valence-corrected chi connectivity index (χ1v) is 10.3. The summed E-state index contributed by atoms with van der Waals surface area (Å²) >= 11 is 6.32. The maximum atomic E-state index is 12.0. The number of halogens is 1. The molecule has 162 valence electrons. The standard InChI is InChI=1S/C22H25ClN6O2/c1-13-15(4-5-16-19(13)27-21(30)14(2)25-16)12-28-8-10-29(11-9-28)18-7-6-17(22(31)24-3)26-20(18)23/h4-7H,8-12H2,1-3H3,(H,24,31)(H,27,30)/i3D3. The molecule has 2 aromatic heterocycles. The van der Waals surface area contributed by atoms with E-state index in [0.29, 0.717) is 24.5 Å². The van der Waals surface area contributed by atoms with Crippen molar-refractivity contribution in [3.8, 4) is 0 Å². The fraction of sp³-hybridized carbons (Fsp3) is 0.364. The molecule has 0 unspecified atom stereocenters. The number of rotatable bonds is 4. The van der Waals surface area contributed by atoms with Crippen molar-refractivity contribution in [1.82, 2.24) is 25.2 Å². The summed E-state index contributed by atoms with van der Waals surface area (Å²) in [4.78, 5) is 39.8. The molecule has 9 heteroatoms. The van der Waals surface area contributed by atoms with Crippen LogP contribution in [0.5, 0.6) is 0 Å². The fourth-order valence-electron chi connectivity index (χ4n) is 3.84. The number of benzene rings is 1. The molecule has 1 aliphatic heterocycles. The highest BCUT2D eigenvalue weighted by molar-refractivity contribution is 6.32. The summed E-state index contributed by atoms with van der Waals surface area (Å²) in [5.41, 5.74) is 4.64. The Morgan fingerprint density at radius 2 is 1.97 bits per heavy atom. The van der Waals surface area contributed by atoms with Gasteiger partial charge >= 0.3 is 0 Å². The quantitative estimate of drug-likeness (QED) is 0.601. The lowest BCUT2D eigenvalue weighted by Crippen LogP contribution is -2.46. The molecule has 4 rings (SSSR count). The SMILES string of the molecule is [2H]C([2H])([2H])NC(=O)c1ccc(N2CCN(Cc3ccc4nc(C)c(=O)[nH]c4c3C)CC2)c(Cl)n1. The van der Waals surface area contributed by atoms with Gasteiger partial charge in [-0.15, -0.1) is 0 Å². The number of aromatic amines is 1. The molecule has 3 aromatic rings. The number of aromatic nitrogens is 3. The van der Waals surface area contributed by atoms with E-state index in [2.05, 4.69) is 30.8 Å². The molecule has 0 aliphatic carbocycles. The van der Waals surface area contributed by atoms with Crippen LogP contribution in [0.15, 0.2) is 29.1 Å². The molecule has 3 heterocycles. The predicted octanol–water partition coefficient (Wildman–Crippen LogP) is 2.27. The number of hydrogen-bond donors (Lipinski definition) is 2. The molecule has 31 heavy (non-hydrogen) atoms. The third-order valence-corrected chi connectivity index (χ3v) is 5.97. The summed E-state index contributed by atoms with van der Waals surface area (Å²) in [5, 5.41) is 2.06. The Morgan fingerprint density at radius 1 is 1.19 bits per heavy atom. The van der Waals surface area contributed by atoms with E-state index in [0.717, 1.165) is 41.8 Å². The number of aryl methyl sites for hydroxylation is 2. The summed E-state index contributed by atoms with van der Waals surface area (Å²) < 4.78 is 21.4. The number of anilines is 1. The molecular weight excluding hydrogens is 416 g/mol. The second kappa shape index (κ2) is 8.64. The number of fused-ring (bicyclic) bond motifs is 1. The van der Waals surface area contributed by atoms with E-state index >= 15 is 0 Å². The number of piperazine rings is 1. The molecule has 0 radical (unpaired) electrons. The highest BCUT2D eigenvalue weighted by Crippen LogP contribution is 2.26. The predicted molar refractivity (Wildman–Crippen MR) is 122 cm³/mol. The van der Waals surface area contributed by atoms with E-state index in [9.17, 15) is 9.59 Å². The van der Waals surface area contributed by atoms with Crippen LogP contribution >= 0.6 is 11.6 Å². The Kier molecular flexibility index (Phi) is 4.93. The van der Waals surface area contributed by atoms with E-state index in [1.165, 1.54) is 6.07 Å². The smallest absolute Gasteiger partial charge is 0.269 e. The zero-order valence-electron chi connectivity index (χ0n) is 20.3. The van der Waals surface area contributed by atoms with Gasteiger partial charge in [0, 0.05) is 43.8 Å². The van der Waals surface area contributed by atoms with Crippen LogP contribution in [-0.2, 0) is 6.54 Å². The van der Waals surface area contributed by atoms with Crippen molar-refractivity contribution in [3.63, 3.8) is 0 Å². The number of nitrogens with one attached hydrogen (secondary N) is 2. The number of pyridine rings is 1. The lowest BCUT2D eigenvalue weighted by Gasteiger charge is -2.36. The van der Waals surface area contributed by atoms with Crippen LogP contribution in [0.25, 0.3) is 11.0 Å². The lowest BCUT2D eigenvalue weighted by atomic mass is 10.1. The van der Waals surface area contributed by atoms with E-state index in [-0.39, 0.29) is 16.4 Å². The molecular formula is C22H25ClN6O2. The summed E-state index contributed by atoms with van der Waals surface area (Å²) in [6.07, 6.45) is 0. The van der Waals surface area contributed by atoms with Crippen LogP contribution in [0.2, 0.25) is 5.15 Å². The van der Waals surface area contributed by atoms with Gasteiger partial charge in [0.25, 0.3) is 11.5 Å². The number of H-pyrrole nitrogens is 1. The summed E-state index contributed by atoms with van der Waals surface area (Å²) in [5.74, 6) is -0.796. The number of nitrogens with zero attached hydrogens (tertiary/aromatic N) is 4. The van der Waals surface area contributed by atoms with Crippen molar-refractivity contribution < 1.29 is 8.91 Å².